The lowest BCUT2D eigenvalue weighted by atomic mass is 10.1. The van der Waals surface area contributed by atoms with Gasteiger partial charge in [0.05, 0.1) is 10.3 Å². The second-order valence-corrected chi connectivity index (χ2v) is 6.61. The van der Waals surface area contributed by atoms with Crippen molar-refractivity contribution in [1.29, 1.82) is 0 Å². The first-order valence-electron chi connectivity index (χ1n) is 5.60. The van der Waals surface area contributed by atoms with Gasteiger partial charge < -0.3 is 0 Å². The summed E-state index contributed by atoms with van der Waals surface area (Å²) in [7, 11) is 0. The molecule has 0 fully saturated rings. The molecule has 1 aromatic rings. The number of benzene rings is 1. The molecule has 0 aliphatic heterocycles. The Morgan fingerprint density at radius 1 is 1.35 bits per heavy atom. The van der Waals surface area contributed by atoms with Gasteiger partial charge in [-0.25, -0.2) is 0 Å². The molecule has 94 valence electrons. The Balaban J connectivity index is 2.81. The standard InChI is InChI=1S/C13H16Cl2OS/c1-4-8(2)17-9(3)13(16)11-6-5-10(14)7-12(11)15/h5-9H,4H2,1-3H3. The second-order valence-electron chi connectivity index (χ2n) is 3.99. The smallest absolute Gasteiger partial charge is 0.177 e. The van der Waals surface area contributed by atoms with Gasteiger partial charge in [-0.15, -0.1) is 11.8 Å². The summed E-state index contributed by atoms with van der Waals surface area (Å²) in [6.45, 7) is 6.16. The van der Waals surface area contributed by atoms with Gasteiger partial charge in [0.15, 0.2) is 5.78 Å². The highest BCUT2D eigenvalue weighted by Gasteiger charge is 2.20. The Bertz CT molecular complexity index is 406. The highest BCUT2D eigenvalue weighted by Crippen LogP contribution is 2.27. The lowest BCUT2D eigenvalue weighted by Crippen LogP contribution is -2.16. The molecular formula is C13H16Cl2OS. The van der Waals surface area contributed by atoms with E-state index in [0.717, 1.165) is 6.42 Å². The van der Waals surface area contributed by atoms with E-state index < -0.39 is 0 Å². The van der Waals surface area contributed by atoms with Crippen LogP contribution in [0.2, 0.25) is 10.0 Å². The van der Waals surface area contributed by atoms with Crippen molar-refractivity contribution in [1.82, 2.24) is 0 Å². The maximum atomic E-state index is 12.2. The van der Waals surface area contributed by atoms with E-state index in [-0.39, 0.29) is 11.0 Å². The lowest BCUT2D eigenvalue weighted by Gasteiger charge is -2.15. The van der Waals surface area contributed by atoms with Crippen LogP contribution in [0.15, 0.2) is 18.2 Å². The van der Waals surface area contributed by atoms with Gasteiger partial charge in [0, 0.05) is 15.8 Å². The molecule has 0 aliphatic rings. The molecule has 17 heavy (non-hydrogen) atoms. The predicted molar refractivity (Wildman–Crippen MR) is 77.6 cm³/mol. The van der Waals surface area contributed by atoms with Gasteiger partial charge in [-0.1, -0.05) is 37.0 Å². The fraction of sp³-hybridized carbons (Fsp3) is 0.462. The topological polar surface area (TPSA) is 17.1 Å². The second kappa shape index (κ2) is 6.67. The molecule has 0 aromatic heterocycles. The van der Waals surface area contributed by atoms with Crippen LogP contribution in [-0.2, 0) is 0 Å². The number of thioether (sulfide) groups is 1. The number of ketones is 1. The summed E-state index contributed by atoms with van der Waals surface area (Å²) >= 11 is 13.5. The summed E-state index contributed by atoms with van der Waals surface area (Å²) in [5, 5.41) is 1.37. The van der Waals surface area contributed by atoms with Crippen molar-refractivity contribution in [2.24, 2.45) is 0 Å². The Hall–Kier alpha value is -0.180. The molecule has 0 N–H and O–H groups in total. The Morgan fingerprint density at radius 2 is 2.00 bits per heavy atom. The molecule has 4 heteroatoms. The highest BCUT2D eigenvalue weighted by molar-refractivity contribution is 8.01. The van der Waals surface area contributed by atoms with E-state index in [9.17, 15) is 4.79 Å². The molecule has 1 nitrogen and oxygen atoms in total. The number of halogens is 2. The molecule has 1 rings (SSSR count). The third kappa shape index (κ3) is 4.20. The zero-order valence-electron chi connectivity index (χ0n) is 10.2. The molecular weight excluding hydrogens is 275 g/mol. The lowest BCUT2D eigenvalue weighted by molar-refractivity contribution is 0.0994. The quantitative estimate of drug-likeness (QED) is 0.702. The number of Topliss-reactive ketones (excluding diaryl/α,β-unsaturated/α-hetero) is 1. The van der Waals surface area contributed by atoms with Gasteiger partial charge in [-0.2, -0.15) is 0 Å². The predicted octanol–water partition coefficient (Wildman–Crippen LogP) is 5.10. The maximum absolute atomic E-state index is 12.2. The van der Waals surface area contributed by atoms with Crippen molar-refractivity contribution in [3.05, 3.63) is 33.8 Å². The van der Waals surface area contributed by atoms with Crippen LogP contribution in [0.3, 0.4) is 0 Å². The molecule has 0 bridgehead atoms. The van der Waals surface area contributed by atoms with E-state index in [1.165, 1.54) is 0 Å². The molecule has 2 unspecified atom stereocenters. The van der Waals surface area contributed by atoms with Crippen molar-refractivity contribution in [3.63, 3.8) is 0 Å². The first kappa shape index (κ1) is 14.9. The average Bonchev–Trinajstić information content (AvgIpc) is 2.28. The third-order valence-electron chi connectivity index (χ3n) is 2.58. The first-order valence-corrected chi connectivity index (χ1v) is 7.30. The summed E-state index contributed by atoms with van der Waals surface area (Å²) in [6.07, 6.45) is 1.05. The molecule has 0 aliphatic carbocycles. The van der Waals surface area contributed by atoms with Gasteiger partial charge in [-0.3, -0.25) is 4.79 Å². The van der Waals surface area contributed by atoms with Crippen LogP contribution in [0.4, 0.5) is 0 Å². The van der Waals surface area contributed by atoms with Crippen LogP contribution in [0.25, 0.3) is 0 Å². The Kier molecular flexibility index (Phi) is 5.84. The summed E-state index contributed by atoms with van der Waals surface area (Å²) in [5.41, 5.74) is 0.555. The van der Waals surface area contributed by atoms with Crippen molar-refractivity contribution in [2.45, 2.75) is 37.7 Å². The van der Waals surface area contributed by atoms with E-state index in [1.54, 1.807) is 30.0 Å². The molecule has 1 aromatic carbocycles. The monoisotopic (exact) mass is 290 g/mol. The van der Waals surface area contributed by atoms with Gasteiger partial charge in [-0.05, 0) is 31.5 Å². The number of rotatable bonds is 5. The maximum Gasteiger partial charge on any atom is 0.177 e. The fourth-order valence-electron chi connectivity index (χ4n) is 1.41. The van der Waals surface area contributed by atoms with Gasteiger partial charge in [0.1, 0.15) is 0 Å². The first-order chi connectivity index (χ1) is 7.95. The van der Waals surface area contributed by atoms with Crippen molar-refractivity contribution < 1.29 is 4.79 Å². The summed E-state index contributed by atoms with van der Waals surface area (Å²) < 4.78 is 0. The number of carbonyl (C=O) groups is 1. The minimum atomic E-state index is -0.0800. The van der Waals surface area contributed by atoms with E-state index in [1.807, 2.05) is 6.92 Å². The van der Waals surface area contributed by atoms with Crippen molar-refractivity contribution in [2.75, 3.05) is 0 Å². The fourth-order valence-corrected chi connectivity index (χ4v) is 3.06. The SMILES string of the molecule is CCC(C)SC(C)C(=O)c1ccc(Cl)cc1Cl. The van der Waals surface area contributed by atoms with E-state index >= 15 is 0 Å². The van der Waals surface area contributed by atoms with E-state index in [0.29, 0.717) is 20.9 Å². The minimum absolute atomic E-state index is 0.0666. The van der Waals surface area contributed by atoms with Crippen molar-refractivity contribution >= 4 is 40.7 Å². The van der Waals surface area contributed by atoms with Gasteiger partial charge >= 0.3 is 0 Å². The van der Waals surface area contributed by atoms with Crippen LogP contribution in [0, 0.1) is 0 Å². The summed E-state index contributed by atoms with van der Waals surface area (Å²) in [4.78, 5) is 12.2. The molecule has 0 amide bonds. The van der Waals surface area contributed by atoms with Gasteiger partial charge in [0.2, 0.25) is 0 Å². The van der Waals surface area contributed by atoms with E-state index in [4.69, 9.17) is 23.2 Å². The third-order valence-corrected chi connectivity index (χ3v) is 4.55. The Morgan fingerprint density at radius 3 is 2.53 bits per heavy atom. The molecule has 0 radical (unpaired) electrons. The number of carbonyl (C=O) groups excluding carboxylic acids is 1. The number of hydrogen-bond acceptors (Lipinski definition) is 2. The minimum Gasteiger partial charge on any atom is -0.293 e. The average molecular weight is 291 g/mol. The van der Waals surface area contributed by atoms with Crippen LogP contribution >= 0.6 is 35.0 Å². The molecule has 0 heterocycles. The molecule has 0 spiro atoms. The largest absolute Gasteiger partial charge is 0.293 e. The van der Waals surface area contributed by atoms with E-state index in [2.05, 4.69) is 13.8 Å². The van der Waals surface area contributed by atoms with Crippen LogP contribution < -0.4 is 0 Å². The molecule has 2 atom stereocenters. The normalized spacial score (nSPS) is 14.4. The molecule has 0 saturated heterocycles. The summed E-state index contributed by atoms with van der Waals surface area (Å²) in [5.74, 6) is 0.0666. The van der Waals surface area contributed by atoms with Crippen LogP contribution in [0.1, 0.15) is 37.6 Å². The highest BCUT2D eigenvalue weighted by atomic mass is 35.5. The zero-order valence-corrected chi connectivity index (χ0v) is 12.5. The van der Waals surface area contributed by atoms with Crippen molar-refractivity contribution in [3.8, 4) is 0 Å². The van der Waals surface area contributed by atoms with Crippen LogP contribution in [-0.4, -0.2) is 16.3 Å². The van der Waals surface area contributed by atoms with Crippen LogP contribution in [0.5, 0.6) is 0 Å². The number of hydrogen-bond donors (Lipinski definition) is 0. The van der Waals surface area contributed by atoms with Gasteiger partial charge in [0.25, 0.3) is 0 Å². The Labute approximate surface area is 117 Å². The zero-order chi connectivity index (χ0) is 13.0. The summed E-state index contributed by atoms with van der Waals surface area (Å²) in [6, 6.07) is 5.00. The molecule has 0 saturated carbocycles.